The normalized spacial score (nSPS) is 10.6. The molecule has 0 fully saturated rings. The lowest BCUT2D eigenvalue weighted by molar-refractivity contribution is -0.113. The van der Waals surface area contributed by atoms with E-state index >= 15 is 0 Å². The molecule has 0 bridgehead atoms. The largest absolute Gasteiger partial charge is 0.301 e. The quantitative estimate of drug-likeness (QED) is 0.909. The summed E-state index contributed by atoms with van der Waals surface area (Å²) in [5.74, 6) is 1.31. The highest BCUT2D eigenvalue weighted by Gasteiger charge is 2.08. The summed E-state index contributed by atoms with van der Waals surface area (Å²) >= 11 is 3.14. The standard InChI is InChI=1S/C15H18N2OS2/c1-10-5-4-6-13(7-10)8-19-9-14(18)17-15-16-11(2)12(3)20-15/h4-7H,8-9H2,1-3H3,(H,16,17,18). The predicted molar refractivity (Wildman–Crippen MR) is 87.6 cm³/mol. The highest BCUT2D eigenvalue weighted by Crippen LogP contribution is 2.21. The van der Waals surface area contributed by atoms with Gasteiger partial charge < -0.3 is 5.32 Å². The molecule has 2 aromatic rings. The number of carbonyl (C=O) groups is 1. The molecule has 0 aliphatic carbocycles. The van der Waals surface area contributed by atoms with Gasteiger partial charge in [-0.3, -0.25) is 4.79 Å². The molecule has 1 aromatic heterocycles. The highest BCUT2D eigenvalue weighted by molar-refractivity contribution is 7.99. The van der Waals surface area contributed by atoms with Crippen LogP contribution >= 0.6 is 23.1 Å². The number of hydrogen-bond donors (Lipinski definition) is 1. The minimum atomic E-state index is 0.0106. The molecule has 0 saturated heterocycles. The lowest BCUT2D eigenvalue weighted by Gasteiger charge is -2.03. The van der Waals surface area contributed by atoms with Crippen LogP contribution in [0.15, 0.2) is 24.3 Å². The van der Waals surface area contributed by atoms with E-state index in [1.807, 2.05) is 19.9 Å². The molecule has 106 valence electrons. The summed E-state index contributed by atoms with van der Waals surface area (Å²) in [5, 5.41) is 3.54. The van der Waals surface area contributed by atoms with Gasteiger partial charge in [0.05, 0.1) is 11.4 Å². The van der Waals surface area contributed by atoms with E-state index in [1.165, 1.54) is 22.5 Å². The van der Waals surface area contributed by atoms with E-state index in [2.05, 4.69) is 35.4 Å². The lowest BCUT2D eigenvalue weighted by Crippen LogP contribution is -2.13. The third-order valence-corrected chi connectivity index (χ3v) is 4.85. The predicted octanol–water partition coefficient (Wildman–Crippen LogP) is 3.94. The molecule has 20 heavy (non-hydrogen) atoms. The third kappa shape index (κ3) is 4.35. The van der Waals surface area contributed by atoms with Crippen molar-refractivity contribution in [3.05, 3.63) is 46.0 Å². The summed E-state index contributed by atoms with van der Waals surface area (Å²) in [7, 11) is 0. The first-order chi connectivity index (χ1) is 9.54. The SMILES string of the molecule is Cc1cccc(CSCC(=O)Nc2nc(C)c(C)s2)c1. The van der Waals surface area contributed by atoms with Crippen LogP contribution in [0.1, 0.15) is 21.7 Å². The summed E-state index contributed by atoms with van der Waals surface area (Å²) in [5.41, 5.74) is 3.49. The van der Waals surface area contributed by atoms with Gasteiger partial charge in [0.2, 0.25) is 5.91 Å². The van der Waals surface area contributed by atoms with Crippen molar-refractivity contribution in [1.82, 2.24) is 4.98 Å². The number of thiazole rings is 1. The lowest BCUT2D eigenvalue weighted by atomic mass is 10.2. The van der Waals surface area contributed by atoms with Crippen LogP contribution in [0.5, 0.6) is 0 Å². The fraction of sp³-hybridized carbons (Fsp3) is 0.333. The second kappa shape index (κ2) is 6.90. The van der Waals surface area contributed by atoms with E-state index in [-0.39, 0.29) is 5.91 Å². The molecule has 5 heteroatoms. The molecule has 0 aliphatic rings. The molecule has 0 saturated carbocycles. The van der Waals surface area contributed by atoms with Gasteiger partial charge in [-0.15, -0.1) is 23.1 Å². The Morgan fingerprint density at radius 2 is 2.15 bits per heavy atom. The number of amides is 1. The Morgan fingerprint density at radius 3 is 2.80 bits per heavy atom. The van der Waals surface area contributed by atoms with Gasteiger partial charge >= 0.3 is 0 Å². The number of nitrogens with one attached hydrogen (secondary N) is 1. The molecule has 0 spiro atoms. The van der Waals surface area contributed by atoms with Crippen molar-refractivity contribution in [2.24, 2.45) is 0 Å². The minimum Gasteiger partial charge on any atom is -0.301 e. The number of nitrogens with zero attached hydrogens (tertiary/aromatic N) is 1. The van der Waals surface area contributed by atoms with Crippen LogP contribution in [0.25, 0.3) is 0 Å². The molecule has 1 N–H and O–H groups in total. The highest BCUT2D eigenvalue weighted by atomic mass is 32.2. The smallest absolute Gasteiger partial charge is 0.236 e. The Bertz CT molecular complexity index is 588. The van der Waals surface area contributed by atoms with Gasteiger partial charge in [0, 0.05) is 10.6 Å². The van der Waals surface area contributed by atoms with Crippen LogP contribution in [0.4, 0.5) is 5.13 Å². The topological polar surface area (TPSA) is 42.0 Å². The van der Waals surface area contributed by atoms with Crippen LogP contribution in [0.2, 0.25) is 0 Å². The van der Waals surface area contributed by atoms with Crippen molar-refractivity contribution in [1.29, 1.82) is 0 Å². The van der Waals surface area contributed by atoms with Gasteiger partial charge in [-0.1, -0.05) is 29.8 Å². The zero-order valence-electron chi connectivity index (χ0n) is 11.9. The monoisotopic (exact) mass is 306 g/mol. The number of thioether (sulfide) groups is 1. The fourth-order valence-electron chi connectivity index (χ4n) is 1.75. The zero-order chi connectivity index (χ0) is 14.5. The Labute approximate surface area is 127 Å². The molecule has 0 atom stereocenters. The zero-order valence-corrected chi connectivity index (χ0v) is 13.5. The summed E-state index contributed by atoms with van der Waals surface area (Å²) in [6.07, 6.45) is 0. The number of carbonyl (C=O) groups excluding carboxylic acids is 1. The maximum atomic E-state index is 11.8. The van der Waals surface area contributed by atoms with Gasteiger partial charge in [-0.2, -0.15) is 0 Å². The van der Waals surface area contributed by atoms with Crippen molar-refractivity contribution in [3.8, 4) is 0 Å². The van der Waals surface area contributed by atoms with Gasteiger partial charge in [-0.05, 0) is 26.3 Å². The molecule has 2 rings (SSSR count). The van der Waals surface area contributed by atoms with E-state index in [9.17, 15) is 4.79 Å². The Morgan fingerprint density at radius 1 is 1.35 bits per heavy atom. The Kier molecular flexibility index (Phi) is 5.20. The number of anilines is 1. The van der Waals surface area contributed by atoms with Gasteiger partial charge in [0.15, 0.2) is 5.13 Å². The first-order valence-corrected chi connectivity index (χ1v) is 8.39. The van der Waals surface area contributed by atoms with Crippen LogP contribution in [0.3, 0.4) is 0 Å². The summed E-state index contributed by atoms with van der Waals surface area (Å²) in [4.78, 5) is 17.3. The molecule has 0 radical (unpaired) electrons. The molecule has 1 heterocycles. The molecule has 0 unspecified atom stereocenters. The second-order valence-electron chi connectivity index (χ2n) is 4.69. The average Bonchev–Trinajstić information content (AvgIpc) is 2.68. The first-order valence-electron chi connectivity index (χ1n) is 6.42. The number of aromatic nitrogens is 1. The first kappa shape index (κ1) is 15.1. The summed E-state index contributed by atoms with van der Waals surface area (Å²) in [6.45, 7) is 6.04. The van der Waals surface area contributed by atoms with E-state index in [4.69, 9.17) is 0 Å². The number of aryl methyl sites for hydroxylation is 3. The van der Waals surface area contributed by atoms with Gasteiger partial charge in [-0.25, -0.2) is 4.98 Å². The van der Waals surface area contributed by atoms with Crippen molar-refractivity contribution in [2.75, 3.05) is 11.1 Å². The van der Waals surface area contributed by atoms with E-state index in [0.29, 0.717) is 10.9 Å². The average molecular weight is 306 g/mol. The van der Waals surface area contributed by atoms with Crippen LogP contribution in [0, 0.1) is 20.8 Å². The maximum absolute atomic E-state index is 11.8. The molecule has 3 nitrogen and oxygen atoms in total. The maximum Gasteiger partial charge on any atom is 0.236 e. The third-order valence-electron chi connectivity index (χ3n) is 2.86. The van der Waals surface area contributed by atoms with Crippen LogP contribution < -0.4 is 5.32 Å². The summed E-state index contributed by atoms with van der Waals surface area (Å²) < 4.78 is 0. The number of benzene rings is 1. The van der Waals surface area contributed by atoms with E-state index in [0.717, 1.165) is 16.3 Å². The van der Waals surface area contributed by atoms with Crippen molar-refractivity contribution in [2.45, 2.75) is 26.5 Å². The molecule has 1 amide bonds. The van der Waals surface area contributed by atoms with Gasteiger partial charge in [0.1, 0.15) is 0 Å². The van der Waals surface area contributed by atoms with Crippen molar-refractivity contribution in [3.63, 3.8) is 0 Å². The number of rotatable bonds is 5. The number of hydrogen-bond acceptors (Lipinski definition) is 4. The van der Waals surface area contributed by atoms with E-state index < -0.39 is 0 Å². The molecular weight excluding hydrogens is 288 g/mol. The Hall–Kier alpha value is -1.33. The van der Waals surface area contributed by atoms with E-state index in [1.54, 1.807) is 11.8 Å². The van der Waals surface area contributed by atoms with Crippen molar-refractivity contribution >= 4 is 34.1 Å². The summed E-state index contributed by atoms with van der Waals surface area (Å²) in [6, 6.07) is 8.37. The fourth-order valence-corrected chi connectivity index (χ4v) is 3.35. The van der Waals surface area contributed by atoms with Crippen LogP contribution in [-0.2, 0) is 10.5 Å². The van der Waals surface area contributed by atoms with Crippen molar-refractivity contribution < 1.29 is 4.79 Å². The molecule has 1 aromatic carbocycles. The Balaban J connectivity index is 1.78. The minimum absolute atomic E-state index is 0.0106. The molecule has 0 aliphatic heterocycles. The van der Waals surface area contributed by atoms with Gasteiger partial charge in [0.25, 0.3) is 0 Å². The second-order valence-corrected chi connectivity index (χ2v) is 6.88. The molecular formula is C15H18N2OS2. The van der Waals surface area contributed by atoms with Crippen LogP contribution in [-0.4, -0.2) is 16.6 Å².